The number of carbonyl (C=O) groups is 2. The van der Waals surface area contributed by atoms with Gasteiger partial charge in [-0.05, 0) is 36.4 Å². The first-order valence-electron chi connectivity index (χ1n) is 5.90. The molecule has 2 aromatic carbocycles. The molecule has 0 aliphatic heterocycles. The molecule has 96 valence electrons. The number of Topliss-reactive ketones (excluding diaryl/α,β-unsaturated/α-hetero) is 1. The van der Waals surface area contributed by atoms with Gasteiger partial charge in [-0.2, -0.15) is 0 Å². The molecule has 4 nitrogen and oxygen atoms in total. The molecule has 0 aliphatic carbocycles. The molecule has 2 rings (SSSR count). The van der Waals surface area contributed by atoms with Crippen molar-refractivity contribution >= 4 is 17.4 Å². The molecule has 2 aromatic rings. The van der Waals surface area contributed by atoms with Crippen molar-refractivity contribution in [1.29, 1.82) is 0 Å². The lowest BCUT2D eigenvalue weighted by Gasteiger charge is -2.06. The van der Waals surface area contributed by atoms with Gasteiger partial charge < -0.3 is 11.1 Å². The summed E-state index contributed by atoms with van der Waals surface area (Å²) in [4.78, 5) is 23.2. The average molecular weight is 254 g/mol. The lowest BCUT2D eigenvalue weighted by atomic mass is 10.1. The number of benzene rings is 2. The number of carbonyl (C=O) groups excluding carboxylic acids is 2. The quantitative estimate of drug-likeness (QED) is 0.820. The van der Waals surface area contributed by atoms with E-state index < -0.39 is 0 Å². The van der Waals surface area contributed by atoms with E-state index in [9.17, 15) is 9.59 Å². The molecule has 1 amide bonds. The molecule has 0 spiro atoms. The van der Waals surface area contributed by atoms with Gasteiger partial charge in [0.05, 0.1) is 6.54 Å². The number of hydrogen-bond acceptors (Lipinski definition) is 3. The molecular formula is C15H14N2O2. The van der Waals surface area contributed by atoms with Crippen molar-refractivity contribution in [3.8, 4) is 0 Å². The Labute approximate surface area is 111 Å². The second-order valence-electron chi connectivity index (χ2n) is 4.02. The summed E-state index contributed by atoms with van der Waals surface area (Å²) in [5, 5.41) is 2.76. The van der Waals surface area contributed by atoms with Crippen LogP contribution in [-0.2, 0) is 0 Å². The minimum atomic E-state index is -0.182. The minimum Gasteiger partial charge on any atom is -0.324 e. The first kappa shape index (κ1) is 13.0. The molecule has 0 saturated carbocycles. The van der Waals surface area contributed by atoms with E-state index in [1.54, 1.807) is 48.5 Å². The molecule has 4 heteroatoms. The number of rotatable bonds is 4. The average Bonchev–Trinajstić information content (AvgIpc) is 2.48. The fourth-order valence-corrected chi connectivity index (χ4v) is 1.65. The molecular weight excluding hydrogens is 240 g/mol. The maximum Gasteiger partial charge on any atom is 0.255 e. The molecule has 3 N–H and O–H groups in total. The van der Waals surface area contributed by atoms with Gasteiger partial charge in [0.25, 0.3) is 5.91 Å². The van der Waals surface area contributed by atoms with Crippen molar-refractivity contribution in [1.82, 2.24) is 0 Å². The van der Waals surface area contributed by atoms with Gasteiger partial charge in [-0.3, -0.25) is 9.59 Å². The maximum atomic E-state index is 11.9. The first-order valence-corrected chi connectivity index (χ1v) is 5.90. The summed E-state index contributed by atoms with van der Waals surface area (Å²) in [6.07, 6.45) is 0. The fourth-order valence-electron chi connectivity index (χ4n) is 1.65. The van der Waals surface area contributed by atoms with Gasteiger partial charge in [0.15, 0.2) is 5.78 Å². The summed E-state index contributed by atoms with van der Waals surface area (Å²) >= 11 is 0. The zero-order chi connectivity index (χ0) is 13.7. The third-order valence-electron chi connectivity index (χ3n) is 2.69. The Bertz CT molecular complexity index is 577. The Morgan fingerprint density at radius 1 is 0.895 bits per heavy atom. The fraction of sp³-hybridized carbons (Fsp3) is 0.0667. The minimum absolute atomic E-state index is 0.0181. The molecule has 0 unspecified atom stereocenters. The molecule has 0 radical (unpaired) electrons. The summed E-state index contributed by atoms with van der Waals surface area (Å²) in [7, 11) is 0. The second-order valence-corrected chi connectivity index (χ2v) is 4.02. The predicted molar refractivity (Wildman–Crippen MR) is 74.2 cm³/mol. The summed E-state index contributed by atoms with van der Waals surface area (Å²) in [6.45, 7) is -0.0181. The molecule has 0 heterocycles. The maximum absolute atomic E-state index is 11.9. The van der Waals surface area contributed by atoms with Crippen LogP contribution in [0.25, 0.3) is 0 Å². The molecule has 0 aliphatic rings. The van der Waals surface area contributed by atoms with Gasteiger partial charge in [0.2, 0.25) is 0 Å². The molecule has 0 fully saturated rings. The topological polar surface area (TPSA) is 72.2 Å². The highest BCUT2D eigenvalue weighted by molar-refractivity contribution is 6.04. The van der Waals surface area contributed by atoms with Gasteiger partial charge >= 0.3 is 0 Å². The Morgan fingerprint density at radius 3 is 2.11 bits per heavy atom. The van der Waals surface area contributed by atoms with E-state index in [4.69, 9.17) is 5.73 Å². The van der Waals surface area contributed by atoms with E-state index >= 15 is 0 Å². The van der Waals surface area contributed by atoms with Crippen molar-refractivity contribution in [2.45, 2.75) is 0 Å². The number of hydrogen-bond donors (Lipinski definition) is 2. The van der Waals surface area contributed by atoms with Crippen LogP contribution < -0.4 is 11.1 Å². The number of nitrogens with one attached hydrogen (secondary N) is 1. The van der Waals surface area contributed by atoms with Crippen molar-refractivity contribution < 1.29 is 9.59 Å². The van der Waals surface area contributed by atoms with Crippen molar-refractivity contribution in [2.75, 3.05) is 11.9 Å². The zero-order valence-corrected chi connectivity index (χ0v) is 10.3. The van der Waals surface area contributed by atoms with Gasteiger partial charge in [0.1, 0.15) is 0 Å². The summed E-state index contributed by atoms with van der Waals surface area (Å²) in [5.74, 6) is -0.306. The zero-order valence-electron chi connectivity index (χ0n) is 10.3. The first-order chi connectivity index (χ1) is 9.20. The van der Waals surface area contributed by atoms with Crippen LogP contribution in [0.4, 0.5) is 5.69 Å². The smallest absolute Gasteiger partial charge is 0.255 e. The van der Waals surface area contributed by atoms with Crippen LogP contribution >= 0.6 is 0 Å². The van der Waals surface area contributed by atoms with Crippen LogP contribution in [0.3, 0.4) is 0 Å². The van der Waals surface area contributed by atoms with Crippen molar-refractivity contribution in [3.05, 3.63) is 65.7 Å². The van der Waals surface area contributed by atoms with Gasteiger partial charge in [-0.1, -0.05) is 18.2 Å². The van der Waals surface area contributed by atoms with E-state index in [2.05, 4.69) is 5.32 Å². The van der Waals surface area contributed by atoms with Crippen LogP contribution in [0.5, 0.6) is 0 Å². The highest BCUT2D eigenvalue weighted by atomic mass is 16.1. The lowest BCUT2D eigenvalue weighted by molar-refractivity contribution is 0.0999. The Balaban J connectivity index is 2.08. The highest BCUT2D eigenvalue weighted by Gasteiger charge is 2.06. The predicted octanol–water partition coefficient (Wildman–Crippen LogP) is 2.08. The molecule has 0 saturated heterocycles. The van der Waals surface area contributed by atoms with E-state index in [0.29, 0.717) is 16.8 Å². The van der Waals surface area contributed by atoms with Crippen LogP contribution in [0.2, 0.25) is 0 Å². The van der Waals surface area contributed by atoms with Gasteiger partial charge in [-0.15, -0.1) is 0 Å². The van der Waals surface area contributed by atoms with Crippen LogP contribution in [0.15, 0.2) is 54.6 Å². The summed E-state index contributed by atoms with van der Waals surface area (Å²) in [6, 6.07) is 15.6. The van der Waals surface area contributed by atoms with Crippen LogP contribution in [0, 0.1) is 0 Å². The van der Waals surface area contributed by atoms with Crippen molar-refractivity contribution in [2.24, 2.45) is 5.73 Å². The normalized spacial score (nSPS) is 9.95. The lowest BCUT2D eigenvalue weighted by Crippen LogP contribution is -2.14. The summed E-state index contributed by atoms with van der Waals surface area (Å²) in [5.41, 5.74) is 7.05. The van der Waals surface area contributed by atoms with Crippen molar-refractivity contribution in [3.63, 3.8) is 0 Å². The van der Waals surface area contributed by atoms with E-state index in [0.717, 1.165) is 0 Å². The molecule has 0 bridgehead atoms. The standard InChI is InChI=1S/C15H14N2O2/c16-10-14(18)11-6-8-13(9-7-11)17-15(19)12-4-2-1-3-5-12/h1-9H,10,16H2,(H,17,19). The van der Waals surface area contributed by atoms with E-state index in [-0.39, 0.29) is 18.2 Å². The SMILES string of the molecule is NCC(=O)c1ccc(NC(=O)c2ccccc2)cc1. The van der Waals surface area contributed by atoms with Gasteiger partial charge in [0, 0.05) is 16.8 Å². The third-order valence-corrected chi connectivity index (χ3v) is 2.69. The largest absolute Gasteiger partial charge is 0.324 e. The highest BCUT2D eigenvalue weighted by Crippen LogP contribution is 2.11. The molecule has 0 aromatic heterocycles. The van der Waals surface area contributed by atoms with E-state index in [1.165, 1.54) is 0 Å². The number of ketones is 1. The number of nitrogens with two attached hydrogens (primary N) is 1. The van der Waals surface area contributed by atoms with E-state index in [1.807, 2.05) is 6.07 Å². The third kappa shape index (κ3) is 3.26. The number of anilines is 1. The van der Waals surface area contributed by atoms with Crippen LogP contribution in [-0.4, -0.2) is 18.2 Å². The molecule has 0 atom stereocenters. The van der Waals surface area contributed by atoms with Gasteiger partial charge in [-0.25, -0.2) is 0 Å². The Hall–Kier alpha value is -2.46. The number of amides is 1. The second kappa shape index (κ2) is 5.93. The Kier molecular flexibility index (Phi) is 4.05. The monoisotopic (exact) mass is 254 g/mol. The van der Waals surface area contributed by atoms with Crippen LogP contribution in [0.1, 0.15) is 20.7 Å². The Morgan fingerprint density at radius 2 is 1.53 bits per heavy atom. The summed E-state index contributed by atoms with van der Waals surface area (Å²) < 4.78 is 0. The molecule has 19 heavy (non-hydrogen) atoms.